The van der Waals surface area contributed by atoms with Gasteiger partial charge in [-0.05, 0) is 66.7 Å². The number of hydrogen-bond donors (Lipinski definition) is 1. The normalized spacial score (nSPS) is 11.0. The molecule has 128 valence electrons. The SMILES string of the molecule is N#C/C(=C/c1cccn1-c1ccc(Br)cc1)C(=O)Nc1ccc(F)cc1. The van der Waals surface area contributed by atoms with Gasteiger partial charge in [-0.25, -0.2) is 4.39 Å². The highest BCUT2D eigenvalue weighted by molar-refractivity contribution is 9.10. The Hall–Kier alpha value is -3.17. The first-order chi connectivity index (χ1) is 12.6. The van der Waals surface area contributed by atoms with Gasteiger partial charge in [0, 0.05) is 27.7 Å². The Morgan fingerprint density at radius 1 is 1.12 bits per heavy atom. The number of benzene rings is 2. The maximum Gasteiger partial charge on any atom is 0.266 e. The predicted molar refractivity (Wildman–Crippen MR) is 102 cm³/mol. The zero-order valence-corrected chi connectivity index (χ0v) is 15.1. The van der Waals surface area contributed by atoms with Crippen LogP contribution in [0, 0.1) is 17.1 Å². The largest absolute Gasteiger partial charge is 0.321 e. The summed E-state index contributed by atoms with van der Waals surface area (Å²) in [5, 5.41) is 11.9. The molecule has 0 spiro atoms. The van der Waals surface area contributed by atoms with E-state index in [0.29, 0.717) is 11.4 Å². The Kier molecular flexibility index (Phi) is 5.30. The Morgan fingerprint density at radius 3 is 2.46 bits per heavy atom. The van der Waals surface area contributed by atoms with Crippen molar-refractivity contribution in [2.45, 2.75) is 0 Å². The fourth-order valence-corrected chi connectivity index (χ4v) is 2.64. The van der Waals surface area contributed by atoms with Crippen LogP contribution < -0.4 is 5.32 Å². The van der Waals surface area contributed by atoms with Crippen LogP contribution in [0.3, 0.4) is 0 Å². The van der Waals surface area contributed by atoms with Crippen LogP contribution in [0.5, 0.6) is 0 Å². The molecule has 0 saturated carbocycles. The van der Waals surface area contributed by atoms with E-state index in [1.54, 1.807) is 0 Å². The molecule has 26 heavy (non-hydrogen) atoms. The number of carbonyl (C=O) groups excluding carboxylic acids is 1. The van der Waals surface area contributed by atoms with Crippen LogP contribution in [0.25, 0.3) is 11.8 Å². The van der Waals surface area contributed by atoms with Gasteiger partial charge in [-0.3, -0.25) is 4.79 Å². The van der Waals surface area contributed by atoms with Gasteiger partial charge in [0.15, 0.2) is 0 Å². The molecule has 1 aromatic heterocycles. The summed E-state index contributed by atoms with van der Waals surface area (Å²) in [6.07, 6.45) is 3.36. The molecular weight excluding hydrogens is 397 g/mol. The van der Waals surface area contributed by atoms with Crippen LogP contribution in [-0.2, 0) is 4.79 Å². The van der Waals surface area contributed by atoms with Crippen molar-refractivity contribution in [1.82, 2.24) is 4.57 Å². The van der Waals surface area contributed by atoms with Gasteiger partial charge >= 0.3 is 0 Å². The topological polar surface area (TPSA) is 57.8 Å². The summed E-state index contributed by atoms with van der Waals surface area (Å²) in [5.74, 6) is -0.950. The number of halogens is 2. The molecule has 0 fully saturated rings. The summed E-state index contributed by atoms with van der Waals surface area (Å²) in [6.45, 7) is 0. The molecule has 6 heteroatoms. The summed E-state index contributed by atoms with van der Waals surface area (Å²) >= 11 is 3.39. The monoisotopic (exact) mass is 409 g/mol. The molecule has 0 aliphatic heterocycles. The zero-order valence-electron chi connectivity index (χ0n) is 13.5. The summed E-state index contributed by atoms with van der Waals surface area (Å²) in [7, 11) is 0. The molecule has 1 heterocycles. The van der Waals surface area contributed by atoms with Crippen molar-refractivity contribution in [1.29, 1.82) is 5.26 Å². The average Bonchev–Trinajstić information content (AvgIpc) is 3.10. The molecular formula is C20H13BrFN3O. The van der Waals surface area contributed by atoms with Crippen LogP contribution in [0.4, 0.5) is 10.1 Å². The Balaban J connectivity index is 1.87. The van der Waals surface area contributed by atoms with Gasteiger partial charge in [0.2, 0.25) is 0 Å². The number of carbonyl (C=O) groups is 1. The van der Waals surface area contributed by atoms with E-state index in [-0.39, 0.29) is 5.57 Å². The fourth-order valence-electron chi connectivity index (χ4n) is 2.38. The average molecular weight is 410 g/mol. The first-order valence-electron chi connectivity index (χ1n) is 7.69. The van der Waals surface area contributed by atoms with E-state index < -0.39 is 11.7 Å². The number of aromatic nitrogens is 1. The number of anilines is 1. The molecule has 4 nitrogen and oxygen atoms in total. The van der Waals surface area contributed by atoms with Crippen LogP contribution in [0.15, 0.2) is 76.9 Å². The minimum Gasteiger partial charge on any atom is -0.321 e. The first-order valence-corrected chi connectivity index (χ1v) is 8.48. The molecule has 0 unspecified atom stereocenters. The van der Waals surface area contributed by atoms with Crippen LogP contribution in [0.2, 0.25) is 0 Å². The Labute approximate surface area is 158 Å². The Morgan fingerprint density at radius 2 is 1.81 bits per heavy atom. The van der Waals surface area contributed by atoms with Crippen molar-refractivity contribution < 1.29 is 9.18 Å². The highest BCUT2D eigenvalue weighted by Crippen LogP contribution is 2.19. The van der Waals surface area contributed by atoms with E-state index in [4.69, 9.17) is 0 Å². The standard InChI is InChI=1S/C20H13BrFN3O/c21-15-3-9-18(10-4-15)25-11-1-2-19(25)12-14(13-23)20(26)24-17-7-5-16(22)6-8-17/h1-12H,(H,24,26)/b14-12-. The van der Waals surface area contributed by atoms with Crippen molar-refractivity contribution in [2.24, 2.45) is 0 Å². The molecule has 1 amide bonds. The van der Waals surface area contributed by atoms with Crippen molar-refractivity contribution in [3.63, 3.8) is 0 Å². The van der Waals surface area contributed by atoms with E-state index in [1.807, 2.05) is 53.2 Å². The zero-order chi connectivity index (χ0) is 18.5. The summed E-state index contributed by atoms with van der Waals surface area (Å²) in [5.41, 5.74) is 1.96. The van der Waals surface area contributed by atoms with Gasteiger partial charge < -0.3 is 9.88 Å². The van der Waals surface area contributed by atoms with Crippen molar-refractivity contribution in [3.05, 3.63) is 88.4 Å². The summed E-state index contributed by atoms with van der Waals surface area (Å²) < 4.78 is 15.8. The number of nitrogens with zero attached hydrogens (tertiary/aromatic N) is 2. The minimum absolute atomic E-state index is 0.0496. The number of nitrogens with one attached hydrogen (secondary N) is 1. The molecule has 0 radical (unpaired) electrons. The van der Waals surface area contributed by atoms with Gasteiger partial charge in [-0.15, -0.1) is 0 Å². The van der Waals surface area contributed by atoms with E-state index in [2.05, 4.69) is 21.2 Å². The highest BCUT2D eigenvalue weighted by Gasteiger charge is 2.11. The maximum atomic E-state index is 12.9. The van der Waals surface area contributed by atoms with E-state index in [1.165, 1.54) is 30.3 Å². The second kappa shape index (κ2) is 7.81. The van der Waals surface area contributed by atoms with Crippen LogP contribution in [-0.4, -0.2) is 10.5 Å². The van der Waals surface area contributed by atoms with Gasteiger partial charge in [0.05, 0.1) is 0 Å². The van der Waals surface area contributed by atoms with E-state index >= 15 is 0 Å². The molecule has 0 aliphatic carbocycles. The molecule has 3 aromatic rings. The predicted octanol–water partition coefficient (Wildman–Crippen LogP) is 4.92. The van der Waals surface area contributed by atoms with E-state index in [0.717, 1.165) is 10.2 Å². The smallest absolute Gasteiger partial charge is 0.266 e. The van der Waals surface area contributed by atoms with Crippen LogP contribution >= 0.6 is 15.9 Å². The fraction of sp³-hybridized carbons (Fsp3) is 0. The lowest BCUT2D eigenvalue weighted by Gasteiger charge is -2.08. The Bertz CT molecular complexity index is 999. The number of nitriles is 1. The lowest BCUT2D eigenvalue weighted by Crippen LogP contribution is -2.13. The lowest BCUT2D eigenvalue weighted by molar-refractivity contribution is -0.112. The molecule has 2 aromatic carbocycles. The number of rotatable bonds is 4. The van der Waals surface area contributed by atoms with Crippen molar-refractivity contribution >= 4 is 33.6 Å². The minimum atomic E-state index is -0.553. The number of hydrogen-bond acceptors (Lipinski definition) is 2. The second-order valence-electron chi connectivity index (χ2n) is 5.41. The molecule has 3 rings (SSSR count). The molecule has 0 atom stereocenters. The van der Waals surface area contributed by atoms with Gasteiger partial charge in [0.25, 0.3) is 5.91 Å². The summed E-state index contributed by atoms with van der Waals surface area (Å²) in [6, 6.07) is 18.6. The third kappa shape index (κ3) is 4.08. The van der Waals surface area contributed by atoms with Crippen molar-refractivity contribution in [3.8, 4) is 11.8 Å². The lowest BCUT2D eigenvalue weighted by atomic mass is 10.2. The highest BCUT2D eigenvalue weighted by atomic mass is 79.9. The third-order valence-electron chi connectivity index (χ3n) is 3.64. The molecule has 1 N–H and O–H groups in total. The first kappa shape index (κ1) is 17.6. The third-order valence-corrected chi connectivity index (χ3v) is 4.17. The van der Waals surface area contributed by atoms with E-state index in [9.17, 15) is 14.4 Å². The second-order valence-corrected chi connectivity index (χ2v) is 6.33. The maximum absolute atomic E-state index is 12.9. The molecule has 0 aliphatic rings. The van der Waals surface area contributed by atoms with Gasteiger partial charge in [-0.1, -0.05) is 15.9 Å². The molecule has 0 saturated heterocycles. The van der Waals surface area contributed by atoms with Crippen LogP contribution in [0.1, 0.15) is 5.69 Å². The molecule has 0 bridgehead atoms. The van der Waals surface area contributed by atoms with Gasteiger partial charge in [0.1, 0.15) is 17.5 Å². The quantitative estimate of drug-likeness (QED) is 0.490. The summed E-state index contributed by atoms with van der Waals surface area (Å²) in [4.78, 5) is 12.3. The number of amides is 1. The van der Waals surface area contributed by atoms with Crippen molar-refractivity contribution in [2.75, 3.05) is 5.32 Å². The van der Waals surface area contributed by atoms with Gasteiger partial charge in [-0.2, -0.15) is 5.26 Å².